The Labute approximate surface area is 107 Å². The van der Waals surface area contributed by atoms with E-state index >= 15 is 0 Å². The van der Waals surface area contributed by atoms with Crippen LogP contribution in [0.25, 0.3) is 0 Å². The number of aliphatic hydroxyl groups excluding tert-OH is 2. The minimum Gasteiger partial charge on any atom is -0.487 e. The van der Waals surface area contributed by atoms with Gasteiger partial charge in [-0.3, -0.25) is 0 Å². The average Bonchev–Trinajstić information content (AvgIpc) is 2.69. The van der Waals surface area contributed by atoms with Crippen molar-refractivity contribution in [1.29, 1.82) is 0 Å². The predicted octanol–water partition coefficient (Wildman–Crippen LogP) is 1.18. The lowest BCUT2D eigenvalue weighted by atomic mass is 9.95. The zero-order valence-electron chi connectivity index (χ0n) is 10.9. The number of benzene rings is 1. The van der Waals surface area contributed by atoms with Crippen LogP contribution in [0.4, 0.5) is 0 Å². The molecule has 0 spiro atoms. The zero-order chi connectivity index (χ0) is 13.5. The van der Waals surface area contributed by atoms with Crippen LogP contribution in [0.2, 0.25) is 0 Å². The average molecular weight is 252 g/mol. The van der Waals surface area contributed by atoms with Crippen LogP contribution in [0, 0.1) is 0 Å². The summed E-state index contributed by atoms with van der Waals surface area (Å²) in [6.45, 7) is 4.98. The molecule has 2 rings (SSSR count). The molecule has 1 aliphatic heterocycles. The Balaban J connectivity index is 2.22. The Morgan fingerprint density at radius 2 is 2.00 bits per heavy atom. The van der Waals surface area contributed by atoms with Crippen molar-refractivity contribution in [3.8, 4) is 5.75 Å². The van der Waals surface area contributed by atoms with Crippen LogP contribution in [0.3, 0.4) is 0 Å². The topological polar surface area (TPSA) is 69.9 Å². The second kappa shape index (κ2) is 4.53. The van der Waals surface area contributed by atoms with Gasteiger partial charge in [-0.2, -0.15) is 0 Å². The molecule has 1 aromatic carbocycles. The van der Waals surface area contributed by atoms with E-state index in [0.717, 1.165) is 11.3 Å². The first kappa shape index (κ1) is 13.3. The molecule has 100 valence electrons. The Bertz CT molecular complexity index is 434. The van der Waals surface area contributed by atoms with Crippen LogP contribution < -0.4 is 4.74 Å². The van der Waals surface area contributed by atoms with Crippen molar-refractivity contribution in [1.82, 2.24) is 0 Å². The smallest absolute Gasteiger partial charge is 0.131 e. The van der Waals surface area contributed by atoms with Crippen LogP contribution in [0.15, 0.2) is 18.2 Å². The van der Waals surface area contributed by atoms with Gasteiger partial charge in [-0.1, -0.05) is 6.07 Å². The molecule has 4 heteroatoms. The highest BCUT2D eigenvalue weighted by Gasteiger charge is 2.35. The largest absolute Gasteiger partial charge is 0.487 e. The van der Waals surface area contributed by atoms with Crippen LogP contribution in [-0.4, -0.2) is 33.1 Å². The van der Waals surface area contributed by atoms with Gasteiger partial charge in [0.05, 0.1) is 11.7 Å². The predicted molar refractivity (Wildman–Crippen MR) is 67.5 cm³/mol. The van der Waals surface area contributed by atoms with Crippen LogP contribution in [0.1, 0.15) is 38.0 Å². The molecule has 1 aliphatic rings. The summed E-state index contributed by atoms with van der Waals surface area (Å²) >= 11 is 0. The number of hydrogen-bond acceptors (Lipinski definition) is 4. The Morgan fingerprint density at radius 1 is 1.33 bits per heavy atom. The molecule has 3 N–H and O–H groups in total. The second-order valence-electron chi connectivity index (χ2n) is 5.52. The summed E-state index contributed by atoms with van der Waals surface area (Å²) in [5.74, 6) is 0.740. The van der Waals surface area contributed by atoms with E-state index in [1.54, 1.807) is 32.9 Å². The molecular formula is C14H20O4. The lowest BCUT2D eigenvalue weighted by molar-refractivity contribution is -0.0229. The lowest BCUT2D eigenvalue weighted by Crippen LogP contribution is -2.39. The fourth-order valence-electron chi connectivity index (χ4n) is 2.12. The summed E-state index contributed by atoms with van der Waals surface area (Å²) < 4.78 is 5.67. The Morgan fingerprint density at radius 3 is 2.56 bits per heavy atom. The summed E-state index contributed by atoms with van der Waals surface area (Å²) in [5.41, 5.74) is 0.727. The number of ether oxygens (including phenoxy) is 1. The molecular weight excluding hydrogens is 232 g/mol. The molecule has 3 atom stereocenters. The number of aliphatic hydroxyl groups is 3. The van der Waals surface area contributed by atoms with Gasteiger partial charge in [-0.05, 0) is 44.0 Å². The molecule has 0 fully saturated rings. The third kappa shape index (κ3) is 2.51. The highest BCUT2D eigenvalue weighted by molar-refractivity contribution is 5.42. The minimum absolute atomic E-state index is 0.272. The van der Waals surface area contributed by atoms with E-state index < -0.39 is 17.8 Å². The summed E-state index contributed by atoms with van der Waals surface area (Å²) in [6, 6.07) is 5.35. The van der Waals surface area contributed by atoms with Gasteiger partial charge in [0.25, 0.3) is 0 Å². The van der Waals surface area contributed by atoms with Crippen LogP contribution in [-0.2, 0) is 6.42 Å². The van der Waals surface area contributed by atoms with E-state index in [1.807, 2.05) is 6.07 Å². The van der Waals surface area contributed by atoms with Crippen LogP contribution in [0.5, 0.6) is 5.75 Å². The first-order valence-corrected chi connectivity index (χ1v) is 6.17. The van der Waals surface area contributed by atoms with Gasteiger partial charge in [-0.15, -0.1) is 0 Å². The van der Waals surface area contributed by atoms with E-state index in [4.69, 9.17) is 4.74 Å². The Hall–Kier alpha value is -1.10. The van der Waals surface area contributed by atoms with Crippen molar-refractivity contribution in [3.05, 3.63) is 29.3 Å². The first-order chi connectivity index (χ1) is 8.29. The highest BCUT2D eigenvalue weighted by atomic mass is 16.5. The monoisotopic (exact) mass is 252 g/mol. The molecule has 0 saturated heterocycles. The summed E-state index contributed by atoms with van der Waals surface area (Å²) in [5, 5.41) is 29.1. The van der Waals surface area contributed by atoms with Crippen LogP contribution >= 0.6 is 0 Å². The summed E-state index contributed by atoms with van der Waals surface area (Å²) in [7, 11) is 0. The molecule has 18 heavy (non-hydrogen) atoms. The third-order valence-electron chi connectivity index (χ3n) is 3.35. The summed E-state index contributed by atoms with van der Waals surface area (Å²) in [4.78, 5) is 0. The lowest BCUT2D eigenvalue weighted by Gasteiger charge is -2.24. The van der Waals surface area contributed by atoms with Crippen molar-refractivity contribution < 1.29 is 20.1 Å². The number of fused-ring (bicyclic) bond motifs is 1. The van der Waals surface area contributed by atoms with E-state index in [0.29, 0.717) is 12.0 Å². The van der Waals surface area contributed by atoms with Gasteiger partial charge in [0.1, 0.15) is 18.0 Å². The van der Waals surface area contributed by atoms with E-state index in [2.05, 4.69) is 0 Å². The highest BCUT2D eigenvalue weighted by Crippen LogP contribution is 2.35. The van der Waals surface area contributed by atoms with E-state index in [1.165, 1.54) is 0 Å². The first-order valence-electron chi connectivity index (χ1n) is 6.17. The molecule has 2 unspecified atom stereocenters. The summed E-state index contributed by atoms with van der Waals surface area (Å²) in [6.07, 6.45) is -1.36. The van der Waals surface area contributed by atoms with Gasteiger partial charge >= 0.3 is 0 Å². The molecule has 0 bridgehead atoms. The fraction of sp³-hybridized carbons (Fsp3) is 0.571. The van der Waals surface area contributed by atoms with E-state index in [9.17, 15) is 15.3 Å². The third-order valence-corrected chi connectivity index (χ3v) is 3.35. The maximum atomic E-state index is 9.94. The molecule has 0 saturated carbocycles. The fourth-order valence-corrected chi connectivity index (χ4v) is 2.12. The normalized spacial score (nSPS) is 22.2. The van der Waals surface area contributed by atoms with Gasteiger partial charge in [-0.25, -0.2) is 0 Å². The standard InChI is InChI=1S/C14H20O4/c1-8(15)13(16)9-4-5-11-10(6-9)7-12(18-11)14(2,3)17/h4-6,8,12-13,15-17H,7H2,1-3H3/t8?,12-,13?/m0/s1. The van der Waals surface area contributed by atoms with Crippen molar-refractivity contribution in [3.63, 3.8) is 0 Å². The maximum Gasteiger partial charge on any atom is 0.131 e. The molecule has 1 aromatic rings. The van der Waals surface area contributed by atoms with Crippen molar-refractivity contribution >= 4 is 0 Å². The van der Waals surface area contributed by atoms with Crippen molar-refractivity contribution in [2.24, 2.45) is 0 Å². The van der Waals surface area contributed by atoms with Gasteiger partial charge in [0, 0.05) is 6.42 Å². The zero-order valence-corrected chi connectivity index (χ0v) is 10.9. The SMILES string of the molecule is CC(O)C(O)c1ccc2c(c1)C[C@@H](C(C)(C)O)O2. The molecule has 0 amide bonds. The van der Waals surface area contributed by atoms with Crippen molar-refractivity contribution in [2.75, 3.05) is 0 Å². The second-order valence-corrected chi connectivity index (χ2v) is 5.52. The molecule has 4 nitrogen and oxygen atoms in total. The quantitative estimate of drug-likeness (QED) is 0.755. The van der Waals surface area contributed by atoms with Crippen molar-refractivity contribution in [2.45, 2.75) is 51.1 Å². The van der Waals surface area contributed by atoms with Gasteiger partial charge in [0.2, 0.25) is 0 Å². The molecule has 1 heterocycles. The minimum atomic E-state index is -0.901. The molecule has 0 aromatic heterocycles. The Kier molecular flexibility index (Phi) is 3.36. The molecule has 0 aliphatic carbocycles. The number of rotatable bonds is 3. The maximum absolute atomic E-state index is 9.94. The van der Waals surface area contributed by atoms with E-state index in [-0.39, 0.29) is 6.10 Å². The van der Waals surface area contributed by atoms with Gasteiger partial charge in [0.15, 0.2) is 0 Å². The number of hydrogen-bond donors (Lipinski definition) is 3. The van der Waals surface area contributed by atoms with Gasteiger partial charge < -0.3 is 20.1 Å². The molecule has 0 radical (unpaired) electrons.